The number of ketones is 1. The van der Waals surface area contributed by atoms with E-state index < -0.39 is 18.4 Å². The molecule has 0 saturated heterocycles. The van der Waals surface area contributed by atoms with Crippen LogP contribution in [-0.4, -0.2) is 31.2 Å². The maximum absolute atomic E-state index is 11.8. The van der Waals surface area contributed by atoms with E-state index in [2.05, 4.69) is 4.99 Å². The molecule has 0 amide bonds. The fraction of sp³-hybridized carbons (Fsp3) is 0.154. The molecular weight excluding hydrogens is 282 g/mol. The van der Waals surface area contributed by atoms with Crippen LogP contribution in [0.5, 0.6) is 0 Å². The molecule has 4 N–H and O–H groups in total. The first-order valence-corrected chi connectivity index (χ1v) is 5.98. The molecule has 106 valence electrons. The van der Waals surface area contributed by atoms with Gasteiger partial charge in [0.05, 0.1) is 5.02 Å². The van der Waals surface area contributed by atoms with Gasteiger partial charge in [-0.15, -0.1) is 0 Å². The summed E-state index contributed by atoms with van der Waals surface area (Å²) in [6, 6.07) is 6.47. The van der Waals surface area contributed by atoms with E-state index in [9.17, 15) is 9.59 Å². The molecular formula is C13H14ClN3O3. The summed E-state index contributed by atoms with van der Waals surface area (Å²) in [6.07, 6.45) is 0.977. The van der Waals surface area contributed by atoms with Crippen LogP contribution in [0.3, 0.4) is 0 Å². The fourth-order valence-electron chi connectivity index (χ4n) is 1.35. The lowest BCUT2D eigenvalue weighted by Crippen LogP contribution is -2.25. The second kappa shape index (κ2) is 7.30. The third-order valence-corrected chi connectivity index (χ3v) is 2.74. The molecule has 0 unspecified atom stereocenters. The predicted molar refractivity (Wildman–Crippen MR) is 76.6 cm³/mol. The third kappa shape index (κ3) is 3.83. The van der Waals surface area contributed by atoms with Crippen molar-refractivity contribution in [3.05, 3.63) is 46.6 Å². The number of aliphatic imine (C=N–C) groups is 1. The van der Waals surface area contributed by atoms with Gasteiger partial charge in [-0.3, -0.25) is 9.79 Å². The molecule has 0 bridgehead atoms. The van der Waals surface area contributed by atoms with Crippen LogP contribution < -0.4 is 11.5 Å². The van der Waals surface area contributed by atoms with Crippen LogP contribution in [0.15, 0.2) is 41.0 Å². The molecule has 0 spiro atoms. The van der Waals surface area contributed by atoms with Gasteiger partial charge in [-0.05, 0) is 12.1 Å². The molecule has 1 aromatic rings. The van der Waals surface area contributed by atoms with Crippen molar-refractivity contribution in [2.45, 2.75) is 0 Å². The van der Waals surface area contributed by atoms with Gasteiger partial charge in [0.25, 0.3) is 0 Å². The summed E-state index contributed by atoms with van der Waals surface area (Å²) in [5.74, 6) is -1.31. The summed E-state index contributed by atoms with van der Waals surface area (Å²) < 4.78 is 4.83. The van der Waals surface area contributed by atoms with Crippen molar-refractivity contribution < 1.29 is 14.3 Å². The fourth-order valence-corrected chi connectivity index (χ4v) is 1.59. The Balaban J connectivity index is 2.71. The number of esters is 1. The van der Waals surface area contributed by atoms with Gasteiger partial charge in [-0.25, -0.2) is 4.79 Å². The topological polar surface area (TPSA) is 108 Å². The van der Waals surface area contributed by atoms with Gasteiger partial charge in [-0.1, -0.05) is 23.7 Å². The van der Waals surface area contributed by atoms with Gasteiger partial charge < -0.3 is 16.2 Å². The molecule has 1 aromatic carbocycles. The Bertz CT molecular complexity index is 582. The number of hydrogen-bond acceptors (Lipinski definition) is 5. The maximum atomic E-state index is 11.8. The highest BCUT2D eigenvalue weighted by atomic mass is 35.5. The van der Waals surface area contributed by atoms with E-state index >= 15 is 0 Å². The Morgan fingerprint density at radius 2 is 2.05 bits per heavy atom. The highest BCUT2D eigenvalue weighted by Crippen LogP contribution is 2.15. The van der Waals surface area contributed by atoms with Crippen molar-refractivity contribution in [2.75, 3.05) is 13.7 Å². The Kier molecular flexibility index (Phi) is 5.74. The molecule has 6 nitrogen and oxygen atoms in total. The number of halogens is 1. The third-order valence-electron chi connectivity index (χ3n) is 2.41. The molecule has 0 atom stereocenters. The first-order valence-electron chi connectivity index (χ1n) is 5.60. The molecule has 0 saturated carbocycles. The van der Waals surface area contributed by atoms with Crippen LogP contribution >= 0.6 is 11.6 Å². The van der Waals surface area contributed by atoms with Crippen molar-refractivity contribution in [1.82, 2.24) is 0 Å². The molecule has 7 heteroatoms. The van der Waals surface area contributed by atoms with Gasteiger partial charge in [0.1, 0.15) is 11.4 Å². The number of benzene rings is 1. The lowest BCUT2D eigenvalue weighted by Gasteiger charge is -2.07. The molecule has 0 aliphatic heterocycles. The van der Waals surface area contributed by atoms with Crippen molar-refractivity contribution in [2.24, 2.45) is 16.5 Å². The summed E-state index contributed by atoms with van der Waals surface area (Å²) >= 11 is 5.87. The minimum absolute atomic E-state index is 0.0670. The first-order chi connectivity index (χ1) is 9.51. The predicted octanol–water partition coefficient (Wildman–Crippen LogP) is 0.896. The SMILES string of the molecule is CN=C(N)/C(=C\N)C(=O)OCC(=O)c1ccccc1Cl. The Morgan fingerprint density at radius 1 is 1.40 bits per heavy atom. The maximum Gasteiger partial charge on any atom is 0.343 e. The first kappa shape index (κ1) is 15.7. The molecule has 0 radical (unpaired) electrons. The van der Waals surface area contributed by atoms with Crippen molar-refractivity contribution in [3.8, 4) is 0 Å². The molecule has 0 aliphatic rings. The number of carbonyl (C=O) groups excluding carboxylic acids is 2. The smallest absolute Gasteiger partial charge is 0.343 e. The summed E-state index contributed by atoms with van der Waals surface area (Å²) in [6.45, 7) is -0.461. The Morgan fingerprint density at radius 3 is 2.60 bits per heavy atom. The minimum Gasteiger partial charge on any atom is -0.454 e. The van der Waals surface area contributed by atoms with Crippen LogP contribution in [0.25, 0.3) is 0 Å². The van der Waals surface area contributed by atoms with Gasteiger partial charge in [0.15, 0.2) is 6.61 Å². The summed E-state index contributed by atoms with van der Waals surface area (Å²) in [4.78, 5) is 27.1. The second-order valence-electron chi connectivity index (χ2n) is 3.67. The van der Waals surface area contributed by atoms with Gasteiger partial charge >= 0.3 is 5.97 Å². The zero-order chi connectivity index (χ0) is 15.1. The molecule has 0 aliphatic carbocycles. The van der Waals surface area contributed by atoms with E-state index in [4.69, 9.17) is 27.8 Å². The number of ether oxygens (including phenoxy) is 1. The van der Waals surface area contributed by atoms with E-state index in [1.54, 1.807) is 24.3 Å². The second-order valence-corrected chi connectivity index (χ2v) is 4.08. The van der Waals surface area contributed by atoms with E-state index in [-0.39, 0.29) is 22.0 Å². The average molecular weight is 296 g/mol. The molecule has 0 fully saturated rings. The largest absolute Gasteiger partial charge is 0.454 e. The molecule has 1 rings (SSSR count). The number of hydrogen-bond donors (Lipinski definition) is 2. The summed E-state index contributed by atoms with van der Waals surface area (Å²) in [7, 11) is 1.40. The number of amidine groups is 1. The van der Waals surface area contributed by atoms with Crippen LogP contribution in [0.2, 0.25) is 5.02 Å². The Hall–Kier alpha value is -2.34. The van der Waals surface area contributed by atoms with Crippen LogP contribution in [0, 0.1) is 0 Å². The number of Topliss-reactive ketones (excluding diaryl/α,β-unsaturated/α-hetero) is 1. The van der Waals surface area contributed by atoms with Crippen molar-refractivity contribution in [3.63, 3.8) is 0 Å². The van der Waals surface area contributed by atoms with E-state index in [0.717, 1.165) is 6.20 Å². The van der Waals surface area contributed by atoms with Gasteiger partial charge in [0, 0.05) is 18.8 Å². The lowest BCUT2D eigenvalue weighted by atomic mass is 10.1. The summed E-state index contributed by atoms with van der Waals surface area (Å²) in [5, 5.41) is 0.290. The monoisotopic (exact) mass is 295 g/mol. The Labute approximate surface area is 121 Å². The minimum atomic E-state index is -0.823. The number of nitrogens with two attached hydrogens (primary N) is 2. The standard InChI is InChI=1S/C13H14ClN3O3/c1-17-12(16)9(6-15)13(19)20-7-11(18)8-4-2-3-5-10(8)14/h2-6H,7,15H2,1H3,(H2,16,17)/b9-6+. The average Bonchev–Trinajstić information content (AvgIpc) is 2.45. The van der Waals surface area contributed by atoms with E-state index in [1.165, 1.54) is 7.05 Å². The highest BCUT2D eigenvalue weighted by molar-refractivity contribution is 6.34. The van der Waals surface area contributed by atoms with E-state index in [0.29, 0.717) is 0 Å². The van der Waals surface area contributed by atoms with Gasteiger partial charge in [0.2, 0.25) is 5.78 Å². The molecule has 20 heavy (non-hydrogen) atoms. The normalized spacial score (nSPS) is 12.1. The number of rotatable bonds is 5. The van der Waals surface area contributed by atoms with Crippen LogP contribution in [-0.2, 0) is 9.53 Å². The van der Waals surface area contributed by atoms with Crippen LogP contribution in [0.1, 0.15) is 10.4 Å². The van der Waals surface area contributed by atoms with Crippen molar-refractivity contribution >= 4 is 29.2 Å². The van der Waals surface area contributed by atoms with Gasteiger partial charge in [-0.2, -0.15) is 0 Å². The van der Waals surface area contributed by atoms with E-state index in [1.807, 2.05) is 0 Å². The molecule has 0 aromatic heterocycles. The molecule has 0 heterocycles. The zero-order valence-corrected chi connectivity index (χ0v) is 11.6. The summed E-state index contributed by atoms with van der Waals surface area (Å²) in [5.41, 5.74) is 10.9. The highest BCUT2D eigenvalue weighted by Gasteiger charge is 2.17. The van der Waals surface area contributed by atoms with Crippen LogP contribution in [0.4, 0.5) is 0 Å². The zero-order valence-electron chi connectivity index (χ0n) is 10.8. The number of nitrogens with zero attached hydrogens (tertiary/aromatic N) is 1. The quantitative estimate of drug-likeness (QED) is 0.276. The number of carbonyl (C=O) groups is 2. The van der Waals surface area contributed by atoms with Crippen molar-refractivity contribution in [1.29, 1.82) is 0 Å². The lowest BCUT2D eigenvalue weighted by molar-refractivity contribution is -0.137.